The summed E-state index contributed by atoms with van der Waals surface area (Å²) in [5, 5.41) is 0. The second-order valence-electron chi connectivity index (χ2n) is 5.75. The number of rotatable bonds is 7. The van der Waals surface area contributed by atoms with Crippen LogP contribution in [-0.2, 0) is 6.54 Å². The maximum atomic E-state index is 6.43. The predicted octanol–water partition coefficient (Wildman–Crippen LogP) is 3.12. The molecule has 0 saturated heterocycles. The third-order valence-corrected chi connectivity index (χ3v) is 4.16. The second-order valence-corrected chi connectivity index (χ2v) is 5.75. The van der Waals surface area contributed by atoms with Gasteiger partial charge < -0.3 is 10.2 Å². The van der Waals surface area contributed by atoms with Crippen molar-refractivity contribution in [1.29, 1.82) is 0 Å². The molecule has 112 valence electrons. The van der Waals surface area contributed by atoms with Crippen molar-refractivity contribution in [1.82, 2.24) is 9.88 Å². The lowest BCUT2D eigenvalue weighted by Crippen LogP contribution is -2.42. The molecule has 2 aromatic heterocycles. The number of nitrogens with two attached hydrogens (primary N) is 1. The quantitative estimate of drug-likeness (QED) is 0.849. The fraction of sp³-hybridized carbons (Fsp3) is 0.471. The third kappa shape index (κ3) is 3.34. The van der Waals surface area contributed by atoms with Crippen LogP contribution in [0.25, 0.3) is 0 Å². The average Bonchev–Trinajstić information content (AvgIpc) is 3.24. The molecule has 1 aliphatic rings. The summed E-state index contributed by atoms with van der Waals surface area (Å²) >= 11 is 0. The standard InChI is InChI=1S/C17H23N3O/c1-2-15(18)17(16-7-3-4-10-19-16)20(13-8-9-13)12-14-6-5-11-21-14/h3-7,10-11,13,15,17H,2,8-9,12,18H2,1H3. The van der Waals surface area contributed by atoms with E-state index in [0.717, 1.165) is 24.4 Å². The van der Waals surface area contributed by atoms with Gasteiger partial charge in [-0.25, -0.2) is 0 Å². The van der Waals surface area contributed by atoms with Crippen molar-refractivity contribution in [3.63, 3.8) is 0 Å². The molecule has 0 aliphatic heterocycles. The summed E-state index contributed by atoms with van der Waals surface area (Å²) in [5.74, 6) is 0.992. The Hall–Kier alpha value is -1.65. The summed E-state index contributed by atoms with van der Waals surface area (Å²) in [6.07, 6.45) is 6.99. The van der Waals surface area contributed by atoms with Crippen molar-refractivity contribution < 1.29 is 4.42 Å². The monoisotopic (exact) mass is 285 g/mol. The minimum atomic E-state index is 0.0791. The number of hydrogen-bond donors (Lipinski definition) is 1. The van der Waals surface area contributed by atoms with Crippen LogP contribution < -0.4 is 5.73 Å². The van der Waals surface area contributed by atoms with Gasteiger partial charge in [0.05, 0.1) is 24.5 Å². The van der Waals surface area contributed by atoms with Gasteiger partial charge in [0.15, 0.2) is 0 Å². The molecule has 2 heterocycles. The first-order valence-corrected chi connectivity index (χ1v) is 7.74. The van der Waals surface area contributed by atoms with Gasteiger partial charge in [0.1, 0.15) is 5.76 Å². The minimum absolute atomic E-state index is 0.0791. The molecule has 1 fully saturated rings. The van der Waals surface area contributed by atoms with E-state index < -0.39 is 0 Å². The van der Waals surface area contributed by atoms with Crippen LogP contribution in [0.5, 0.6) is 0 Å². The van der Waals surface area contributed by atoms with Crippen LogP contribution in [0.2, 0.25) is 0 Å². The number of aromatic nitrogens is 1. The molecule has 2 unspecified atom stereocenters. The second kappa shape index (κ2) is 6.41. The van der Waals surface area contributed by atoms with Crippen LogP contribution >= 0.6 is 0 Å². The summed E-state index contributed by atoms with van der Waals surface area (Å²) < 4.78 is 5.54. The van der Waals surface area contributed by atoms with Crippen molar-refractivity contribution in [3.05, 3.63) is 54.2 Å². The van der Waals surface area contributed by atoms with Gasteiger partial charge in [-0.3, -0.25) is 9.88 Å². The van der Waals surface area contributed by atoms with Gasteiger partial charge in [-0.15, -0.1) is 0 Å². The summed E-state index contributed by atoms with van der Waals surface area (Å²) in [6, 6.07) is 10.9. The molecule has 4 nitrogen and oxygen atoms in total. The van der Waals surface area contributed by atoms with Gasteiger partial charge in [0.2, 0.25) is 0 Å². The van der Waals surface area contributed by atoms with E-state index in [1.807, 2.05) is 30.5 Å². The Morgan fingerprint density at radius 1 is 1.33 bits per heavy atom. The fourth-order valence-corrected chi connectivity index (χ4v) is 2.85. The average molecular weight is 285 g/mol. The first kappa shape index (κ1) is 14.3. The van der Waals surface area contributed by atoms with Crippen molar-refractivity contribution in [2.75, 3.05) is 0 Å². The molecule has 1 aliphatic carbocycles. The highest BCUT2D eigenvalue weighted by Crippen LogP contribution is 2.37. The van der Waals surface area contributed by atoms with Crippen LogP contribution in [0.1, 0.15) is 43.7 Å². The molecular weight excluding hydrogens is 262 g/mol. The zero-order chi connectivity index (χ0) is 14.7. The third-order valence-electron chi connectivity index (χ3n) is 4.16. The topological polar surface area (TPSA) is 55.3 Å². The van der Waals surface area contributed by atoms with E-state index in [1.54, 1.807) is 6.26 Å². The van der Waals surface area contributed by atoms with E-state index in [4.69, 9.17) is 10.2 Å². The molecule has 2 N–H and O–H groups in total. The lowest BCUT2D eigenvalue weighted by Gasteiger charge is -2.34. The van der Waals surface area contributed by atoms with Crippen LogP contribution in [0.4, 0.5) is 0 Å². The van der Waals surface area contributed by atoms with Crippen LogP contribution in [0.15, 0.2) is 47.2 Å². The van der Waals surface area contributed by atoms with Crippen molar-refractivity contribution in [2.24, 2.45) is 5.73 Å². The Bertz CT molecular complexity index is 536. The minimum Gasteiger partial charge on any atom is -0.468 e. The Labute approximate surface area is 126 Å². The molecule has 1 saturated carbocycles. The van der Waals surface area contributed by atoms with Gasteiger partial charge in [-0.05, 0) is 43.5 Å². The van der Waals surface area contributed by atoms with Crippen molar-refractivity contribution in [3.8, 4) is 0 Å². The molecule has 3 rings (SSSR count). The molecule has 0 amide bonds. The van der Waals surface area contributed by atoms with Crippen LogP contribution in [0, 0.1) is 0 Å². The normalized spacial score (nSPS) is 17.9. The Morgan fingerprint density at radius 2 is 2.19 bits per heavy atom. The molecule has 2 aromatic rings. The number of nitrogens with zero attached hydrogens (tertiary/aromatic N) is 2. The van der Waals surface area contributed by atoms with Crippen LogP contribution in [0.3, 0.4) is 0 Å². The van der Waals surface area contributed by atoms with E-state index in [1.165, 1.54) is 12.8 Å². The zero-order valence-corrected chi connectivity index (χ0v) is 12.5. The molecule has 0 bridgehead atoms. The summed E-state index contributed by atoms with van der Waals surface area (Å²) in [6.45, 7) is 2.94. The molecular formula is C17H23N3O. The molecule has 21 heavy (non-hydrogen) atoms. The Balaban J connectivity index is 1.88. The highest BCUT2D eigenvalue weighted by Gasteiger charge is 2.37. The van der Waals surface area contributed by atoms with E-state index in [-0.39, 0.29) is 12.1 Å². The highest BCUT2D eigenvalue weighted by molar-refractivity contribution is 5.14. The van der Waals surface area contributed by atoms with E-state index in [9.17, 15) is 0 Å². The highest BCUT2D eigenvalue weighted by atomic mass is 16.3. The molecule has 0 aromatic carbocycles. The smallest absolute Gasteiger partial charge is 0.117 e. The van der Waals surface area contributed by atoms with Crippen molar-refractivity contribution >= 4 is 0 Å². The van der Waals surface area contributed by atoms with Gasteiger partial charge >= 0.3 is 0 Å². The maximum Gasteiger partial charge on any atom is 0.117 e. The molecule has 4 heteroatoms. The van der Waals surface area contributed by atoms with E-state index >= 15 is 0 Å². The largest absolute Gasteiger partial charge is 0.468 e. The molecule has 2 atom stereocenters. The van der Waals surface area contributed by atoms with E-state index in [0.29, 0.717) is 6.04 Å². The Morgan fingerprint density at radius 3 is 2.76 bits per heavy atom. The Kier molecular flexibility index (Phi) is 4.36. The SMILES string of the molecule is CCC(N)C(c1ccccn1)N(Cc1ccco1)C1CC1. The number of pyridine rings is 1. The van der Waals surface area contributed by atoms with Gasteiger partial charge in [-0.2, -0.15) is 0 Å². The van der Waals surface area contributed by atoms with Gasteiger partial charge in [0.25, 0.3) is 0 Å². The lowest BCUT2D eigenvalue weighted by molar-refractivity contribution is 0.136. The summed E-state index contributed by atoms with van der Waals surface area (Å²) in [4.78, 5) is 7.02. The van der Waals surface area contributed by atoms with Crippen LogP contribution in [-0.4, -0.2) is 22.0 Å². The predicted molar refractivity (Wildman–Crippen MR) is 82.5 cm³/mol. The zero-order valence-electron chi connectivity index (χ0n) is 12.5. The molecule has 0 spiro atoms. The summed E-state index contributed by atoms with van der Waals surface area (Å²) in [5.41, 5.74) is 7.49. The number of hydrogen-bond acceptors (Lipinski definition) is 4. The fourth-order valence-electron chi connectivity index (χ4n) is 2.85. The maximum absolute atomic E-state index is 6.43. The van der Waals surface area contributed by atoms with Crippen molar-refractivity contribution in [2.45, 2.75) is 50.9 Å². The van der Waals surface area contributed by atoms with E-state index in [2.05, 4.69) is 22.9 Å². The van der Waals surface area contributed by atoms with Gasteiger partial charge in [-0.1, -0.05) is 13.0 Å². The first-order chi connectivity index (χ1) is 10.3. The lowest BCUT2D eigenvalue weighted by atomic mass is 10.00. The first-order valence-electron chi connectivity index (χ1n) is 7.74. The van der Waals surface area contributed by atoms with Gasteiger partial charge in [0, 0.05) is 18.3 Å². The summed E-state index contributed by atoms with van der Waals surface area (Å²) in [7, 11) is 0. The number of furan rings is 1. The molecule has 0 radical (unpaired) electrons.